The molecule has 1 aromatic carbocycles. The minimum atomic E-state index is -4.75. The number of hydroxylamine groups is 1. The predicted molar refractivity (Wildman–Crippen MR) is 67.9 cm³/mol. The van der Waals surface area contributed by atoms with Crippen molar-refractivity contribution in [1.29, 1.82) is 0 Å². The second kappa shape index (κ2) is 6.12. The number of hydrazine groups is 2. The number of carbonyl (C=O) groups is 1. The molecule has 2 N–H and O–H groups in total. The van der Waals surface area contributed by atoms with Crippen molar-refractivity contribution in [3.8, 4) is 5.75 Å². The Hall–Kier alpha value is -2.46. The maximum Gasteiger partial charge on any atom is 0.573 e. The Morgan fingerprint density at radius 2 is 1.91 bits per heavy atom. The molecule has 1 unspecified atom stereocenters. The van der Waals surface area contributed by atoms with E-state index in [1.54, 1.807) is 0 Å². The van der Waals surface area contributed by atoms with Crippen LogP contribution in [0.25, 0.3) is 0 Å². The first-order valence-corrected chi connectivity index (χ1v) is 6.03. The van der Waals surface area contributed by atoms with Crippen LogP contribution < -0.4 is 15.3 Å². The van der Waals surface area contributed by atoms with Gasteiger partial charge in [-0.15, -0.1) is 18.7 Å². The van der Waals surface area contributed by atoms with Crippen LogP contribution in [0.5, 0.6) is 5.75 Å². The van der Waals surface area contributed by atoms with E-state index in [4.69, 9.17) is 9.94 Å². The van der Waals surface area contributed by atoms with Crippen molar-refractivity contribution in [2.24, 2.45) is 0 Å². The molecule has 0 radical (unpaired) electrons. The Kier molecular flexibility index (Phi) is 4.43. The highest BCUT2D eigenvalue weighted by atomic mass is 19.4. The van der Waals surface area contributed by atoms with Crippen molar-refractivity contribution in [3.05, 3.63) is 36.7 Å². The fourth-order valence-corrected chi connectivity index (χ4v) is 1.53. The van der Waals surface area contributed by atoms with E-state index in [0.717, 1.165) is 17.3 Å². The zero-order chi connectivity index (χ0) is 16.3. The van der Waals surface area contributed by atoms with Crippen LogP contribution in [0.2, 0.25) is 0 Å². The van der Waals surface area contributed by atoms with Gasteiger partial charge in [0.2, 0.25) is 0 Å². The van der Waals surface area contributed by atoms with E-state index in [1.165, 1.54) is 36.5 Å². The fourth-order valence-electron chi connectivity index (χ4n) is 1.53. The molecule has 0 fully saturated rings. The second-order valence-corrected chi connectivity index (χ2v) is 4.22. The Bertz CT molecular complexity index is 562. The zero-order valence-corrected chi connectivity index (χ0v) is 11.2. The number of carboxylic acids is 1. The number of benzene rings is 1. The molecular formula is C12H12F3N3O4. The molecule has 0 aliphatic carbocycles. The van der Waals surface area contributed by atoms with E-state index in [9.17, 15) is 18.0 Å². The lowest BCUT2D eigenvalue weighted by Crippen LogP contribution is -2.42. The molecular weight excluding hydrogens is 307 g/mol. The summed E-state index contributed by atoms with van der Waals surface area (Å²) in [6.45, 7) is 1.35. The van der Waals surface area contributed by atoms with Gasteiger partial charge in [-0.25, -0.2) is 9.63 Å². The monoisotopic (exact) mass is 319 g/mol. The third kappa shape index (κ3) is 4.27. The highest BCUT2D eigenvalue weighted by molar-refractivity contribution is 5.71. The first-order chi connectivity index (χ1) is 10.2. The van der Waals surface area contributed by atoms with Gasteiger partial charge in [0.15, 0.2) is 6.10 Å². The summed E-state index contributed by atoms with van der Waals surface area (Å²) >= 11 is 0. The molecule has 0 bridgehead atoms. The highest BCUT2D eigenvalue weighted by Crippen LogP contribution is 2.25. The first-order valence-electron chi connectivity index (χ1n) is 6.03. The summed E-state index contributed by atoms with van der Waals surface area (Å²) < 4.78 is 39.9. The molecule has 10 heteroatoms. The summed E-state index contributed by atoms with van der Waals surface area (Å²) in [5.74, 6) is -1.48. The summed E-state index contributed by atoms with van der Waals surface area (Å²) in [5.41, 5.74) is 3.17. The van der Waals surface area contributed by atoms with Gasteiger partial charge in [-0.05, 0) is 31.2 Å². The topological polar surface area (TPSA) is 74.3 Å². The van der Waals surface area contributed by atoms with Crippen molar-refractivity contribution in [3.63, 3.8) is 0 Å². The van der Waals surface area contributed by atoms with E-state index in [0.29, 0.717) is 5.69 Å². The number of aliphatic carboxylic acids is 1. The number of ether oxygens (including phenoxy) is 1. The molecule has 0 aromatic heterocycles. The first kappa shape index (κ1) is 15.9. The van der Waals surface area contributed by atoms with Crippen molar-refractivity contribution in [2.75, 3.05) is 5.01 Å². The standard InChI is InChI=1S/C12H12F3N3O4/c1-8(11(19)20)22-18-7-6-17(16-18)9-2-4-10(5-3-9)21-12(13,14)15/h2-8,16H,1H3,(H,19,20). The van der Waals surface area contributed by atoms with Crippen LogP contribution in [0.4, 0.5) is 18.9 Å². The quantitative estimate of drug-likeness (QED) is 0.860. The Morgan fingerprint density at radius 3 is 2.45 bits per heavy atom. The van der Waals surface area contributed by atoms with Gasteiger partial charge in [0.25, 0.3) is 0 Å². The van der Waals surface area contributed by atoms with Gasteiger partial charge in [-0.1, -0.05) is 0 Å². The average Bonchev–Trinajstić information content (AvgIpc) is 2.86. The zero-order valence-electron chi connectivity index (χ0n) is 11.2. The fraction of sp³-hybridized carbons (Fsp3) is 0.250. The van der Waals surface area contributed by atoms with Gasteiger partial charge in [0.1, 0.15) is 5.75 Å². The number of rotatable bonds is 5. The maximum atomic E-state index is 12.1. The summed E-state index contributed by atoms with van der Waals surface area (Å²) in [6.07, 6.45) is -2.89. The molecule has 22 heavy (non-hydrogen) atoms. The minimum Gasteiger partial charge on any atom is -0.479 e. The van der Waals surface area contributed by atoms with Gasteiger partial charge >= 0.3 is 12.3 Å². The molecule has 1 aliphatic rings. The van der Waals surface area contributed by atoms with E-state index in [-0.39, 0.29) is 5.75 Å². The molecule has 1 atom stereocenters. The number of halogens is 3. The Morgan fingerprint density at radius 1 is 1.27 bits per heavy atom. The molecule has 1 aliphatic heterocycles. The molecule has 7 nitrogen and oxygen atoms in total. The SMILES string of the molecule is CC(ON1C=CN(c2ccc(OC(F)(F)F)cc2)N1)C(=O)O. The largest absolute Gasteiger partial charge is 0.573 e. The summed E-state index contributed by atoms with van der Waals surface area (Å²) in [6, 6.07) is 5.09. The Balaban J connectivity index is 1.94. The minimum absolute atomic E-state index is 0.341. The van der Waals surface area contributed by atoms with Crippen LogP contribution in [0.15, 0.2) is 36.7 Å². The smallest absolute Gasteiger partial charge is 0.479 e. The van der Waals surface area contributed by atoms with E-state index in [1.807, 2.05) is 0 Å². The lowest BCUT2D eigenvalue weighted by atomic mass is 10.3. The number of nitrogens with zero attached hydrogens (tertiary/aromatic N) is 2. The van der Waals surface area contributed by atoms with Gasteiger partial charge in [0.05, 0.1) is 11.9 Å². The van der Waals surface area contributed by atoms with E-state index < -0.39 is 18.4 Å². The number of carboxylic acid groups (broad SMARTS) is 1. The van der Waals surface area contributed by atoms with Crippen LogP contribution in [0, 0.1) is 0 Å². The van der Waals surface area contributed by atoms with Crippen molar-refractivity contribution in [2.45, 2.75) is 19.4 Å². The van der Waals surface area contributed by atoms with Crippen LogP contribution in [-0.2, 0) is 9.63 Å². The summed E-state index contributed by atoms with van der Waals surface area (Å²) in [7, 11) is 0. The summed E-state index contributed by atoms with van der Waals surface area (Å²) in [4.78, 5) is 15.7. The third-order valence-electron chi connectivity index (χ3n) is 2.53. The second-order valence-electron chi connectivity index (χ2n) is 4.22. The van der Waals surface area contributed by atoms with Gasteiger partial charge in [0, 0.05) is 6.20 Å². The molecule has 1 aromatic rings. The number of nitrogens with one attached hydrogen (secondary N) is 1. The van der Waals surface area contributed by atoms with Crippen LogP contribution in [0.3, 0.4) is 0 Å². The summed E-state index contributed by atoms with van der Waals surface area (Å²) in [5, 5.41) is 11.2. The van der Waals surface area contributed by atoms with E-state index in [2.05, 4.69) is 10.3 Å². The van der Waals surface area contributed by atoms with Gasteiger partial charge in [-0.2, -0.15) is 5.17 Å². The lowest BCUT2D eigenvalue weighted by molar-refractivity contribution is -0.274. The van der Waals surface area contributed by atoms with Gasteiger partial charge < -0.3 is 9.84 Å². The number of alkyl halides is 3. The molecule has 0 spiro atoms. The molecule has 0 saturated carbocycles. The van der Waals surface area contributed by atoms with Crippen molar-refractivity contribution >= 4 is 11.7 Å². The maximum absolute atomic E-state index is 12.1. The highest BCUT2D eigenvalue weighted by Gasteiger charge is 2.31. The molecule has 2 rings (SSSR count). The van der Waals surface area contributed by atoms with Crippen LogP contribution in [-0.4, -0.2) is 28.7 Å². The molecule has 0 amide bonds. The number of hydrogen-bond donors (Lipinski definition) is 2. The molecule has 1 heterocycles. The number of anilines is 1. The number of hydrogen-bond acceptors (Lipinski definition) is 6. The normalized spacial score (nSPS) is 16.0. The average molecular weight is 319 g/mol. The van der Waals surface area contributed by atoms with Crippen LogP contribution in [0.1, 0.15) is 6.92 Å². The lowest BCUT2D eigenvalue weighted by Gasteiger charge is -2.23. The Labute approximate surface area is 123 Å². The third-order valence-corrected chi connectivity index (χ3v) is 2.53. The molecule has 120 valence electrons. The van der Waals surface area contributed by atoms with Crippen molar-refractivity contribution in [1.82, 2.24) is 10.7 Å². The van der Waals surface area contributed by atoms with Gasteiger partial charge in [-0.3, -0.25) is 5.01 Å². The van der Waals surface area contributed by atoms with Crippen molar-refractivity contribution < 1.29 is 32.6 Å². The predicted octanol–water partition coefficient (Wildman–Crippen LogP) is 2.00. The van der Waals surface area contributed by atoms with Crippen LogP contribution >= 0.6 is 0 Å². The van der Waals surface area contributed by atoms with E-state index >= 15 is 0 Å². The molecule has 0 saturated heterocycles.